The molecule has 0 aliphatic heterocycles. The first-order valence-electron chi connectivity index (χ1n) is 6.58. The fraction of sp³-hybridized carbons (Fsp3) is 0.308. The first-order valence-corrected chi connectivity index (χ1v) is 8.45. The normalized spacial score (nSPS) is 10.8. The first-order chi connectivity index (χ1) is 11.2. The Hall–Kier alpha value is -2.17. The molecule has 132 valence electrons. The van der Waals surface area contributed by atoms with Gasteiger partial charge in [-0.15, -0.1) is 0 Å². The number of carbonyl (C=O) groups is 3. The zero-order chi connectivity index (χ0) is 18.3. The number of ether oxygens (including phenoxy) is 1. The summed E-state index contributed by atoms with van der Waals surface area (Å²) in [7, 11) is -1.24. The van der Waals surface area contributed by atoms with E-state index in [-0.39, 0.29) is 22.0 Å². The van der Waals surface area contributed by atoms with Gasteiger partial charge < -0.3 is 15.4 Å². The van der Waals surface area contributed by atoms with E-state index in [2.05, 4.69) is 15.4 Å². The molecule has 0 radical (unpaired) electrons. The number of amides is 2. The number of esters is 1. The average Bonchev–Trinajstić information content (AvgIpc) is 2.57. The molecule has 0 saturated carbocycles. The quantitative estimate of drug-likeness (QED) is 0.537. The van der Waals surface area contributed by atoms with Crippen LogP contribution in [0.25, 0.3) is 0 Å². The molecule has 0 unspecified atom stereocenters. The minimum atomic E-state index is -3.85. The number of sulfonamides is 1. The maximum atomic E-state index is 11.9. The molecule has 24 heavy (non-hydrogen) atoms. The highest BCUT2D eigenvalue weighted by molar-refractivity contribution is 7.89. The molecule has 0 aliphatic rings. The van der Waals surface area contributed by atoms with E-state index in [1.54, 1.807) is 0 Å². The van der Waals surface area contributed by atoms with Crippen molar-refractivity contribution < 1.29 is 27.5 Å². The summed E-state index contributed by atoms with van der Waals surface area (Å²) in [6.07, 6.45) is 0. The van der Waals surface area contributed by atoms with E-state index in [1.807, 2.05) is 0 Å². The smallest absolute Gasteiger partial charge is 0.338 e. The fourth-order valence-electron chi connectivity index (χ4n) is 1.48. The minimum Gasteiger partial charge on any atom is -0.452 e. The van der Waals surface area contributed by atoms with Crippen LogP contribution in [0.1, 0.15) is 10.4 Å². The molecule has 0 bridgehead atoms. The Kier molecular flexibility index (Phi) is 7.14. The Balaban J connectivity index is 2.74. The number of benzene rings is 1. The predicted octanol–water partition coefficient (Wildman–Crippen LogP) is -0.733. The van der Waals surface area contributed by atoms with E-state index >= 15 is 0 Å². The van der Waals surface area contributed by atoms with Gasteiger partial charge in [-0.3, -0.25) is 9.59 Å². The van der Waals surface area contributed by atoms with Gasteiger partial charge in [0.25, 0.3) is 5.91 Å². The van der Waals surface area contributed by atoms with Gasteiger partial charge in [0.05, 0.1) is 17.1 Å². The Morgan fingerprint density at radius 1 is 1.17 bits per heavy atom. The van der Waals surface area contributed by atoms with Gasteiger partial charge in [0.15, 0.2) is 6.61 Å². The fourth-order valence-corrected chi connectivity index (χ4v) is 2.73. The van der Waals surface area contributed by atoms with Crippen LogP contribution in [0.15, 0.2) is 23.1 Å². The Labute approximate surface area is 143 Å². The van der Waals surface area contributed by atoms with Crippen LogP contribution < -0.4 is 15.4 Å². The lowest BCUT2D eigenvalue weighted by molar-refractivity contribution is -0.127. The number of likely N-dealkylation sites (N-methyl/N-ethyl adjacent to an activating group) is 1. The van der Waals surface area contributed by atoms with Crippen molar-refractivity contribution in [2.24, 2.45) is 0 Å². The summed E-state index contributed by atoms with van der Waals surface area (Å²) in [5, 5.41) is 4.48. The third-order valence-electron chi connectivity index (χ3n) is 2.78. The minimum absolute atomic E-state index is 0.0655. The molecule has 0 aromatic heterocycles. The molecule has 1 aromatic carbocycles. The lowest BCUT2D eigenvalue weighted by atomic mass is 10.2. The molecule has 0 saturated heterocycles. The zero-order valence-corrected chi connectivity index (χ0v) is 14.5. The van der Waals surface area contributed by atoms with Crippen molar-refractivity contribution in [2.75, 3.05) is 27.2 Å². The molecule has 1 aromatic rings. The number of hydrogen-bond donors (Lipinski definition) is 3. The van der Waals surface area contributed by atoms with Gasteiger partial charge in [-0.1, -0.05) is 11.6 Å². The Morgan fingerprint density at radius 2 is 1.83 bits per heavy atom. The second kappa shape index (κ2) is 8.62. The highest BCUT2D eigenvalue weighted by Crippen LogP contribution is 2.22. The largest absolute Gasteiger partial charge is 0.452 e. The summed E-state index contributed by atoms with van der Waals surface area (Å²) < 4.78 is 30.4. The molecule has 1 rings (SSSR count). The van der Waals surface area contributed by atoms with Crippen molar-refractivity contribution in [3.8, 4) is 0 Å². The third kappa shape index (κ3) is 5.48. The molecule has 9 nitrogen and oxygen atoms in total. The van der Waals surface area contributed by atoms with Crippen LogP contribution in [-0.2, 0) is 24.3 Å². The third-order valence-corrected chi connectivity index (χ3v) is 4.68. The Bertz CT molecular complexity index is 750. The second-order valence-electron chi connectivity index (χ2n) is 4.38. The average molecular weight is 378 g/mol. The van der Waals surface area contributed by atoms with Crippen LogP contribution in [0.3, 0.4) is 0 Å². The number of nitrogens with one attached hydrogen (secondary N) is 3. The van der Waals surface area contributed by atoms with Gasteiger partial charge >= 0.3 is 5.97 Å². The summed E-state index contributed by atoms with van der Waals surface area (Å²) in [6, 6.07) is 3.54. The standard InChI is InChI=1S/C13H16ClN3O6S/c1-15-11(18)6-17-12(19)7-23-13(20)8-3-4-9(14)10(5-8)24(21,22)16-2/h3-5,16H,6-7H2,1-2H3,(H,15,18)(H,17,19). The summed E-state index contributed by atoms with van der Waals surface area (Å²) in [6.45, 7) is -0.870. The van der Waals surface area contributed by atoms with Crippen LogP contribution in [0.5, 0.6) is 0 Å². The van der Waals surface area contributed by atoms with Gasteiger partial charge in [-0.05, 0) is 25.2 Å². The lowest BCUT2D eigenvalue weighted by Gasteiger charge is -2.09. The molecular weight excluding hydrogens is 362 g/mol. The van der Waals surface area contributed by atoms with Gasteiger partial charge in [-0.2, -0.15) is 0 Å². The van der Waals surface area contributed by atoms with Crippen molar-refractivity contribution in [3.63, 3.8) is 0 Å². The molecule has 3 N–H and O–H groups in total. The highest BCUT2D eigenvalue weighted by atomic mass is 35.5. The van der Waals surface area contributed by atoms with Crippen molar-refractivity contribution in [1.29, 1.82) is 0 Å². The van der Waals surface area contributed by atoms with Gasteiger partial charge in [0.1, 0.15) is 4.90 Å². The zero-order valence-electron chi connectivity index (χ0n) is 12.9. The number of rotatable bonds is 7. The van der Waals surface area contributed by atoms with Crippen LogP contribution >= 0.6 is 11.6 Å². The van der Waals surface area contributed by atoms with Crippen LogP contribution in [-0.4, -0.2) is 53.4 Å². The molecule has 0 heterocycles. The summed E-state index contributed by atoms with van der Waals surface area (Å²) in [4.78, 5) is 34.0. The molecule has 0 fully saturated rings. The molecule has 2 amide bonds. The lowest BCUT2D eigenvalue weighted by Crippen LogP contribution is -2.37. The summed E-state index contributed by atoms with van der Waals surface area (Å²) >= 11 is 5.80. The maximum absolute atomic E-state index is 11.9. The molecule has 0 atom stereocenters. The maximum Gasteiger partial charge on any atom is 0.338 e. The van der Waals surface area contributed by atoms with E-state index in [1.165, 1.54) is 26.2 Å². The monoisotopic (exact) mass is 377 g/mol. The summed E-state index contributed by atoms with van der Waals surface area (Å²) in [5.74, 6) is -1.99. The van der Waals surface area contributed by atoms with Gasteiger partial charge in [-0.25, -0.2) is 17.9 Å². The second-order valence-corrected chi connectivity index (χ2v) is 6.64. The molecule has 11 heteroatoms. The molecular formula is C13H16ClN3O6S. The van der Waals surface area contributed by atoms with Gasteiger partial charge in [0, 0.05) is 7.05 Å². The van der Waals surface area contributed by atoms with E-state index in [0.717, 1.165) is 6.07 Å². The van der Waals surface area contributed by atoms with E-state index < -0.39 is 34.4 Å². The topological polar surface area (TPSA) is 131 Å². The van der Waals surface area contributed by atoms with E-state index in [9.17, 15) is 22.8 Å². The number of hydrogen-bond acceptors (Lipinski definition) is 6. The van der Waals surface area contributed by atoms with E-state index in [0.29, 0.717) is 0 Å². The Morgan fingerprint density at radius 3 is 2.42 bits per heavy atom. The predicted molar refractivity (Wildman–Crippen MR) is 85.1 cm³/mol. The first kappa shape index (κ1) is 19.9. The van der Waals surface area contributed by atoms with Crippen LogP contribution in [0.4, 0.5) is 0 Å². The van der Waals surface area contributed by atoms with Crippen LogP contribution in [0.2, 0.25) is 5.02 Å². The van der Waals surface area contributed by atoms with Gasteiger partial charge in [0.2, 0.25) is 15.9 Å². The van der Waals surface area contributed by atoms with Crippen molar-refractivity contribution in [2.45, 2.75) is 4.90 Å². The highest BCUT2D eigenvalue weighted by Gasteiger charge is 2.19. The van der Waals surface area contributed by atoms with Crippen molar-refractivity contribution in [1.82, 2.24) is 15.4 Å². The van der Waals surface area contributed by atoms with E-state index in [4.69, 9.17) is 16.3 Å². The molecule has 0 spiro atoms. The summed E-state index contributed by atoms with van der Waals surface area (Å²) in [5.41, 5.74) is -0.0904. The van der Waals surface area contributed by atoms with Crippen molar-refractivity contribution in [3.05, 3.63) is 28.8 Å². The number of halogens is 1. The number of carbonyl (C=O) groups excluding carboxylic acids is 3. The van der Waals surface area contributed by atoms with Crippen molar-refractivity contribution >= 4 is 39.4 Å². The SMILES string of the molecule is CNC(=O)CNC(=O)COC(=O)c1ccc(Cl)c(S(=O)(=O)NC)c1. The molecule has 0 aliphatic carbocycles. The van der Waals surface area contributed by atoms with Crippen LogP contribution in [0, 0.1) is 0 Å².